The number of hydrogen-bond acceptors (Lipinski definition) is 3. The Balaban J connectivity index is 1.26. The monoisotopic (exact) mass is 355 g/mol. The molecule has 1 aromatic heterocycles. The van der Waals surface area contributed by atoms with E-state index in [0.29, 0.717) is 11.5 Å². The molecule has 5 heteroatoms. The van der Waals surface area contributed by atoms with Crippen molar-refractivity contribution in [2.75, 3.05) is 13.1 Å². The molecule has 0 aromatic carbocycles. The van der Waals surface area contributed by atoms with Crippen LogP contribution < -0.4 is 5.32 Å². The molecule has 2 amide bonds. The van der Waals surface area contributed by atoms with Crippen molar-refractivity contribution in [1.82, 2.24) is 15.2 Å². The molecule has 1 aromatic rings. The lowest BCUT2D eigenvalue weighted by molar-refractivity contribution is -0.136. The number of nitrogens with zero attached hydrogens (tertiary/aromatic N) is 2. The number of aromatic nitrogens is 1. The minimum Gasteiger partial charge on any atom is -0.349 e. The predicted molar refractivity (Wildman–Crippen MR) is 99.5 cm³/mol. The Hall–Kier alpha value is -1.91. The van der Waals surface area contributed by atoms with E-state index in [-0.39, 0.29) is 23.3 Å². The van der Waals surface area contributed by atoms with Gasteiger partial charge in [0, 0.05) is 43.0 Å². The third kappa shape index (κ3) is 3.49. The van der Waals surface area contributed by atoms with Gasteiger partial charge in [-0.05, 0) is 68.4 Å². The molecule has 2 aliphatic carbocycles. The van der Waals surface area contributed by atoms with Crippen LogP contribution in [0.15, 0.2) is 24.5 Å². The summed E-state index contributed by atoms with van der Waals surface area (Å²) in [5, 5.41) is 3.13. The lowest BCUT2D eigenvalue weighted by atomic mass is 9.65. The molecule has 2 heterocycles. The quantitative estimate of drug-likeness (QED) is 0.906. The molecule has 5 nitrogen and oxygen atoms in total. The van der Waals surface area contributed by atoms with Gasteiger partial charge in [0.15, 0.2) is 0 Å². The van der Waals surface area contributed by atoms with E-state index < -0.39 is 0 Å². The van der Waals surface area contributed by atoms with Crippen LogP contribution in [-0.4, -0.2) is 40.8 Å². The molecule has 3 fully saturated rings. The van der Waals surface area contributed by atoms with Crippen molar-refractivity contribution in [3.05, 3.63) is 30.1 Å². The molecule has 0 unspecified atom stereocenters. The second-order valence-corrected chi connectivity index (χ2v) is 8.78. The molecule has 1 saturated heterocycles. The Morgan fingerprint density at radius 2 is 1.85 bits per heavy atom. The summed E-state index contributed by atoms with van der Waals surface area (Å²) >= 11 is 0. The Labute approximate surface area is 155 Å². The summed E-state index contributed by atoms with van der Waals surface area (Å²) in [6.45, 7) is 4.08. The van der Waals surface area contributed by atoms with Crippen LogP contribution in [0.4, 0.5) is 0 Å². The average molecular weight is 355 g/mol. The first-order valence-corrected chi connectivity index (χ1v) is 10.0. The zero-order valence-electron chi connectivity index (χ0n) is 15.6. The van der Waals surface area contributed by atoms with E-state index in [0.717, 1.165) is 51.1 Å². The number of carbonyl (C=O) groups is 2. The number of hydrogen-bond donors (Lipinski definition) is 1. The molecule has 3 aliphatic rings. The highest BCUT2D eigenvalue weighted by atomic mass is 16.2. The fraction of sp³-hybridized carbons (Fsp3) is 0.667. The summed E-state index contributed by atoms with van der Waals surface area (Å²) in [5.74, 6) is 1.40. The molecule has 4 rings (SSSR count). The second-order valence-electron chi connectivity index (χ2n) is 8.78. The number of pyridine rings is 1. The Bertz CT molecular complexity index is 661. The van der Waals surface area contributed by atoms with E-state index >= 15 is 0 Å². The minimum atomic E-state index is -0.0190. The molecule has 26 heavy (non-hydrogen) atoms. The van der Waals surface area contributed by atoms with E-state index in [4.69, 9.17) is 0 Å². The maximum absolute atomic E-state index is 12.8. The zero-order chi connectivity index (χ0) is 18.1. The summed E-state index contributed by atoms with van der Waals surface area (Å²) in [7, 11) is 0. The molecular formula is C21H29N3O2. The lowest BCUT2D eigenvalue weighted by Crippen LogP contribution is -2.52. The predicted octanol–water partition coefficient (Wildman–Crippen LogP) is 3.02. The SMILES string of the molecule is CC1CCC(C(=O)N2CCC3(CC(NC(=O)c4ccncc4)C3)C2)CC1. The van der Waals surface area contributed by atoms with Crippen molar-refractivity contribution in [2.24, 2.45) is 17.3 Å². The van der Waals surface area contributed by atoms with Gasteiger partial charge in [-0.3, -0.25) is 14.6 Å². The summed E-state index contributed by atoms with van der Waals surface area (Å²) in [4.78, 5) is 31.1. The first-order chi connectivity index (χ1) is 12.5. The van der Waals surface area contributed by atoms with Crippen molar-refractivity contribution in [3.8, 4) is 0 Å². The highest BCUT2D eigenvalue weighted by Crippen LogP contribution is 2.48. The van der Waals surface area contributed by atoms with Gasteiger partial charge < -0.3 is 10.2 Å². The molecule has 0 radical (unpaired) electrons. The van der Waals surface area contributed by atoms with Gasteiger partial charge in [-0.25, -0.2) is 0 Å². The maximum atomic E-state index is 12.8. The van der Waals surface area contributed by atoms with Crippen LogP contribution >= 0.6 is 0 Å². The third-order valence-corrected chi connectivity index (χ3v) is 6.75. The van der Waals surface area contributed by atoms with E-state index in [1.807, 2.05) is 0 Å². The number of amides is 2. The molecular weight excluding hydrogens is 326 g/mol. The van der Waals surface area contributed by atoms with E-state index in [9.17, 15) is 9.59 Å². The van der Waals surface area contributed by atoms with Crippen LogP contribution in [0.5, 0.6) is 0 Å². The molecule has 1 aliphatic heterocycles. The Morgan fingerprint density at radius 3 is 2.54 bits per heavy atom. The Kier molecular flexibility index (Phi) is 4.72. The van der Waals surface area contributed by atoms with Gasteiger partial charge in [-0.1, -0.05) is 6.92 Å². The fourth-order valence-corrected chi connectivity index (χ4v) is 5.08. The van der Waals surface area contributed by atoms with E-state index in [1.165, 1.54) is 12.8 Å². The van der Waals surface area contributed by atoms with Gasteiger partial charge in [-0.15, -0.1) is 0 Å². The summed E-state index contributed by atoms with van der Waals surface area (Å²) in [6.07, 6.45) is 10.9. The van der Waals surface area contributed by atoms with Crippen molar-refractivity contribution in [1.29, 1.82) is 0 Å². The first kappa shape index (κ1) is 17.5. The molecule has 2 saturated carbocycles. The molecule has 1 N–H and O–H groups in total. The summed E-state index contributed by atoms with van der Waals surface area (Å²) in [5.41, 5.74) is 0.907. The highest BCUT2D eigenvalue weighted by Gasteiger charge is 2.50. The van der Waals surface area contributed by atoms with Crippen LogP contribution in [0.3, 0.4) is 0 Å². The van der Waals surface area contributed by atoms with Gasteiger partial charge in [0.2, 0.25) is 5.91 Å². The van der Waals surface area contributed by atoms with E-state index in [2.05, 4.69) is 22.1 Å². The maximum Gasteiger partial charge on any atom is 0.251 e. The number of rotatable bonds is 3. The average Bonchev–Trinajstić information content (AvgIpc) is 3.07. The van der Waals surface area contributed by atoms with Crippen LogP contribution in [0.2, 0.25) is 0 Å². The fourth-order valence-electron chi connectivity index (χ4n) is 5.08. The van der Waals surface area contributed by atoms with Gasteiger partial charge in [-0.2, -0.15) is 0 Å². The summed E-state index contributed by atoms with van der Waals surface area (Å²) in [6, 6.07) is 3.72. The first-order valence-electron chi connectivity index (χ1n) is 10.0. The topological polar surface area (TPSA) is 62.3 Å². The van der Waals surface area contributed by atoms with Gasteiger partial charge in [0.1, 0.15) is 0 Å². The van der Waals surface area contributed by atoms with Crippen molar-refractivity contribution in [3.63, 3.8) is 0 Å². The minimum absolute atomic E-state index is 0.0190. The van der Waals surface area contributed by atoms with Crippen LogP contribution in [0, 0.1) is 17.3 Å². The van der Waals surface area contributed by atoms with Gasteiger partial charge in [0.05, 0.1) is 0 Å². The molecule has 0 atom stereocenters. The largest absolute Gasteiger partial charge is 0.349 e. The number of nitrogens with one attached hydrogen (secondary N) is 1. The van der Waals surface area contributed by atoms with Crippen molar-refractivity contribution < 1.29 is 9.59 Å². The summed E-state index contributed by atoms with van der Waals surface area (Å²) < 4.78 is 0. The normalized spacial score (nSPS) is 33.7. The molecule has 1 spiro atoms. The number of carbonyl (C=O) groups excluding carboxylic acids is 2. The number of likely N-dealkylation sites (tertiary alicyclic amines) is 1. The van der Waals surface area contributed by atoms with E-state index in [1.54, 1.807) is 24.5 Å². The highest BCUT2D eigenvalue weighted by molar-refractivity contribution is 5.94. The third-order valence-electron chi connectivity index (χ3n) is 6.75. The molecule has 140 valence electrons. The second kappa shape index (κ2) is 7.01. The van der Waals surface area contributed by atoms with Crippen LogP contribution in [0.1, 0.15) is 62.2 Å². The van der Waals surface area contributed by atoms with Crippen LogP contribution in [-0.2, 0) is 4.79 Å². The zero-order valence-corrected chi connectivity index (χ0v) is 15.6. The van der Waals surface area contributed by atoms with Gasteiger partial charge in [0.25, 0.3) is 5.91 Å². The van der Waals surface area contributed by atoms with Crippen LogP contribution in [0.25, 0.3) is 0 Å². The standard InChI is InChI=1S/C21H29N3O2/c1-15-2-4-17(5-3-15)20(26)24-11-8-21(14-24)12-18(13-21)23-19(25)16-6-9-22-10-7-16/h6-7,9-10,15,17-18H,2-5,8,11-14H2,1H3,(H,23,25). The lowest BCUT2D eigenvalue weighted by Gasteiger charge is -2.45. The smallest absolute Gasteiger partial charge is 0.251 e. The van der Waals surface area contributed by atoms with Crippen molar-refractivity contribution in [2.45, 2.75) is 57.9 Å². The van der Waals surface area contributed by atoms with Crippen molar-refractivity contribution >= 4 is 11.8 Å². The Morgan fingerprint density at radius 1 is 1.15 bits per heavy atom. The molecule has 0 bridgehead atoms. The van der Waals surface area contributed by atoms with Gasteiger partial charge >= 0.3 is 0 Å².